The van der Waals surface area contributed by atoms with E-state index >= 15 is 0 Å². The highest BCUT2D eigenvalue weighted by molar-refractivity contribution is 6.46. The average Bonchev–Trinajstić information content (AvgIpc) is 3.39. The summed E-state index contributed by atoms with van der Waals surface area (Å²) in [7, 11) is 0. The first kappa shape index (κ1) is 18.2. The van der Waals surface area contributed by atoms with Crippen LogP contribution in [0.15, 0.2) is 59.3 Å². The van der Waals surface area contributed by atoms with Gasteiger partial charge >= 0.3 is 0 Å². The maximum Gasteiger partial charge on any atom is 0.295 e. The summed E-state index contributed by atoms with van der Waals surface area (Å²) in [5, 5.41) is 9.96. The monoisotopic (exact) mass is 401 g/mol. The first-order chi connectivity index (χ1) is 14.4. The van der Waals surface area contributed by atoms with Crippen LogP contribution in [0, 0.1) is 13.8 Å². The van der Waals surface area contributed by atoms with E-state index in [1.165, 1.54) is 17.0 Å². The van der Waals surface area contributed by atoms with Gasteiger partial charge in [0.1, 0.15) is 23.3 Å². The number of nitrogens with zero attached hydrogens (tertiary/aromatic N) is 2. The summed E-state index contributed by atoms with van der Waals surface area (Å²) < 4.78 is 5.97. The van der Waals surface area contributed by atoms with Gasteiger partial charge in [0.15, 0.2) is 0 Å². The Labute approximate surface area is 172 Å². The van der Waals surface area contributed by atoms with Gasteiger partial charge in [0.05, 0.1) is 23.3 Å². The van der Waals surface area contributed by atoms with Crippen molar-refractivity contribution in [2.24, 2.45) is 0 Å². The number of aryl methyl sites for hydroxylation is 2. The number of aromatic amines is 1. The lowest BCUT2D eigenvalue weighted by molar-refractivity contribution is -0.134. The number of aromatic nitrogens is 2. The highest BCUT2D eigenvalue weighted by atomic mass is 16.3. The predicted molar refractivity (Wildman–Crippen MR) is 110 cm³/mol. The van der Waals surface area contributed by atoms with Crippen LogP contribution in [0.4, 0.5) is 5.69 Å². The molecule has 2 N–H and O–H groups in total. The van der Waals surface area contributed by atoms with Crippen molar-refractivity contribution in [3.05, 3.63) is 77.5 Å². The standard InChI is InChI=1S/C23H19N3O4/c1-12-8-19(30-13(12)2)21-20(14-4-3-5-16(27)9-14)22(28)23(29)26(21)15-6-7-17-18(10-15)25-11-24-17/h3-11,20-21,27H,1-2H3,(H,24,25). The Kier molecular flexibility index (Phi) is 3.99. The van der Waals surface area contributed by atoms with Gasteiger partial charge in [-0.3, -0.25) is 14.5 Å². The Balaban J connectivity index is 1.71. The maximum absolute atomic E-state index is 13.2. The molecule has 0 radical (unpaired) electrons. The summed E-state index contributed by atoms with van der Waals surface area (Å²) in [6.07, 6.45) is 1.58. The normalized spacial score (nSPS) is 19.2. The van der Waals surface area contributed by atoms with Gasteiger partial charge in [0.2, 0.25) is 5.78 Å². The van der Waals surface area contributed by atoms with E-state index in [2.05, 4.69) is 9.97 Å². The molecule has 1 amide bonds. The molecule has 0 saturated carbocycles. The topological polar surface area (TPSA) is 99.4 Å². The van der Waals surface area contributed by atoms with E-state index in [0.717, 1.165) is 22.4 Å². The van der Waals surface area contributed by atoms with Crippen LogP contribution in [0.3, 0.4) is 0 Å². The molecule has 30 heavy (non-hydrogen) atoms. The molecule has 7 nitrogen and oxygen atoms in total. The van der Waals surface area contributed by atoms with Crippen molar-refractivity contribution < 1.29 is 19.1 Å². The molecular formula is C23H19N3O4. The van der Waals surface area contributed by atoms with Crippen LogP contribution in [0.2, 0.25) is 0 Å². The first-order valence-electron chi connectivity index (χ1n) is 9.60. The molecule has 150 valence electrons. The van der Waals surface area contributed by atoms with Crippen molar-refractivity contribution in [2.75, 3.05) is 4.90 Å². The average molecular weight is 401 g/mol. The lowest BCUT2D eigenvalue weighted by Crippen LogP contribution is -2.29. The van der Waals surface area contributed by atoms with Gasteiger partial charge in [-0.25, -0.2) is 4.98 Å². The minimum atomic E-state index is -0.799. The highest BCUT2D eigenvalue weighted by Crippen LogP contribution is 2.46. The molecule has 4 aromatic rings. The maximum atomic E-state index is 13.2. The number of nitrogens with one attached hydrogen (secondary N) is 1. The number of carbonyl (C=O) groups excluding carboxylic acids is 2. The molecule has 2 unspecified atom stereocenters. The number of aromatic hydroxyl groups is 1. The van der Waals surface area contributed by atoms with E-state index in [0.29, 0.717) is 17.0 Å². The minimum Gasteiger partial charge on any atom is -0.508 e. The molecule has 7 heteroatoms. The Hall–Kier alpha value is -3.87. The number of Topliss-reactive ketones (excluding diaryl/α,β-unsaturated/α-hetero) is 1. The SMILES string of the molecule is Cc1cc(C2C(c3cccc(O)c3)C(=O)C(=O)N2c2ccc3nc[nH]c3c2)oc1C. The number of anilines is 1. The number of carbonyl (C=O) groups is 2. The number of phenolic OH excluding ortho intramolecular Hbond substituents is 1. The largest absolute Gasteiger partial charge is 0.508 e. The zero-order chi connectivity index (χ0) is 21.0. The van der Waals surface area contributed by atoms with E-state index < -0.39 is 23.7 Å². The molecule has 1 aliphatic heterocycles. The van der Waals surface area contributed by atoms with Crippen molar-refractivity contribution in [1.29, 1.82) is 0 Å². The molecule has 1 saturated heterocycles. The number of phenols is 1. The molecule has 0 aliphatic carbocycles. The third kappa shape index (κ3) is 2.70. The van der Waals surface area contributed by atoms with Gasteiger partial charge in [-0.15, -0.1) is 0 Å². The number of imidazole rings is 1. The summed E-state index contributed by atoms with van der Waals surface area (Å²) in [6, 6.07) is 13.0. The van der Waals surface area contributed by atoms with Crippen LogP contribution in [0.5, 0.6) is 5.75 Å². The Morgan fingerprint density at radius 1 is 1.10 bits per heavy atom. The van der Waals surface area contributed by atoms with Crippen LogP contribution in [-0.2, 0) is 9.59 Å². The molecule has 2 aromatic carbocycles. The fraction of sp³-hybridized carbons (Fsp3) is 0.174. The third-order valence-electron chi connectivity index (χ3n) is 5.69. The molecule has 1 aliphatic rings. The van der Waals surface area contributed by atoms with Crippen LogP contribution in [-0.4, -0.2) is 26.8 Å². The van der Waals surface area contributed by atoms with Gasteiger partial charge < -0.3 is 14.5 Å². The lowest BCUT2D eigenvalue weighted by atomic mass is 9.89. The Morgan fingerprint density at radius 3 is 2.67 bits per heavy atom. The number of H-pyrrole nitrogens is 1. The van der Waals surface area contributed by atoms with Crippen LogP contribution in [0.25, 0.3) is 11.0 Å². The molecule has 5 rings (SSSR count). The molecule has 1 fully saturated rings. The Morgan fingerprint density at radius 2 is 1.93 bits per heavy atom. The molecule has 3 heterocycles. The van der Waals surface area contributed by atoms with E-state index in [1.807, 2.05) is 19.9 Å². The van der Waals surface area contributed by atoms with Gasteiger partial charge in [0.25, 0.3) is 5.91 Å². The molecule has 0 spiro atoms. The summed E-state index contributed by atoms with van der Waals surface area (Å²) in [5.41, 5.74) is 3.61. The second-order valence-corrected chi connectivity index (χ2v) is 7.55. The number of benzene rings is 2. The second kappa shape index (κ2) is 6.59. The molecular weight excluding hydrogens is 382 g/mol. The van der Waals surface area contributed by atoms with Crippen molar-refractivity contribution >= 4 is 28.4 Å². The van der Waals surface area contributed by atoms with E-state index in [1.54, 1.807) is 36.7 Å². The van der Waals surface area contributed by atoms with Crippen LogP contribution >= 0.6 is 0 Å². The zero-order valence-electron chi connectivity index (χ0n) is 16.4. The minimum absolute atomic E-state index is 0.0376. The van der Waals surface area contributed by atoms with Crippen molar-refractivity contribution in [3.8, 4) is 5.75 Å². The fourth-order valence-corrected chi connectivity index (χ4v) is 4.11. The summed E-state index contributed by atoms with van der Waals surface area (Å²) in [6.45, 7) is 3.77. The van der Waals surface area contributed by atoms with Gasteiger partial charge in [-0.1, -0.05) is 12.1 Å². The number of rotatable bonds is 3. The van der Waals surface area contributed by atoms with E-state index in [4.69, 9.17) is 4.42 Å². The first-order valence-corrected chi connectivity index (χ1v) is 9.60. The number of furan rings is 1. The van der Waals surface area contributed by atoms with Crippen LogP contribution < -0.4 is 4.90 Å². The second-order valence-electron chi connectivity index (χ2n) is 7.55. The predicted octanol–water partition coefficient (Wildman–Crippen LogP) is 3.92. The number of amides is 1. The van der Waals surface area contributed by atoms with Crippen molar-refractivity contribution in [3.63, 3.8) is 0 Å². The summed E-state index contributed by atoms with van der Waals surface area (Å²) in [4.78, 5) is 35.1. The highest BCUT2D eigenvalue weighted by Gasteiger charge is 2.51. The fourth-order valence-electron chi connectivity index (χ4n) is 4.11. The summed E-state index contributed by atoms with van der Waals surface area (Å²) >= 11 is 0. The zero-order valence-corrected chi connectivity index (χ0v) is 16.4. The van der Waals surface area contributed by atoms with Gasteiger partial charge in [-0.05, 0) is 61.4 Å². The Bertz CT molecular complexity index is 1280. The van der Waals surface area contributed by atoms with Crippen LogP contribution in [0.1, 0.15) is 34.6 Å². The number of fused-ring (bicyclic) bond motifs is 1. The third-order valence-corrected chi connectivity index (χ3v) is 5.69. The van der Waals surface area contributed by atoms with Gasteiger partial charge in [-0.2, -0.15) is 0 Å². The number of hydrogen-bond donors (Lipinski definition) is 2. The molecule has 2 aromatic heterocycles. The van der Waals surface area contributed by atoms with Crippen molar-refractivity contribution in [1.82, 2.24) is 9.97 Å². The lowest BCUT2D eigenvalue weighted by Gasteiger charge is -2.26. The molecule has 0 bridgehead atoms. The smallest absolute Gasteiger partial charge is 0.295 e. The van der Waals surface area contributed by atoms with E-state index in [-0.39, 0.29) is 5.75 Å². The quantitative estimate of drug-likeness (QED) is 0.507. The van der Waals surface area contributed by atoms with Crippen molar-refractivity contribution in [2.45, 2.75) is 25.8 Å². The number of ketones is 1. The van der Waals surface area contributed by atoms with Gasteiger partial charge in [0, 0.05) is 5.69 Å². The molecule has 2 atom stereocenters. The van der Waals surface area contributed by atoms with E-state index in [9.17, 15) is 14.7 Å². The summed E-state index contributed by atoms with van der Waals surface area (Å²) in [5.74, 6) is -0.652. The number of hydrogen-bond acceptors (Lipinski definition) is 5.